The summed E-state index contributed by atoms with van der Waals surface area (Å²) in [5.74, 6) is -0.997. The monoisotopic (exact) mass is 319 g/mol. The smallest absolute Gasteiger partial charge is 0.324 e. The van der Waals surface area contributed by atoms with Crippen molar-refractivity contribution in [1.29, 1.82) is 0 Å². The van der Waals surface area contributed by atoms with Crippen LogP contribution < -0.4 is 9.46 Å². The van der Waals surface area contributed by atoms with Gasteiger partial charge in [0.1, 0.15) is 18.4 Å². The third-order valence-electron chi connectivity index (χ3n) is 2.47. The lowest BCUT2D eigenvalue weighted by molar-refractivity contribution is -0.139. The van der Waals surface area contributed by atoms with Crippen molar-refractivity contribution in [2.24, 2.45) is 0 Å². The van der Waals surface area contributed by atoms with Gasteiger partial charge >= 0.3 is 5.97 Å². The molecule has 1 atom stereocenters. The van der Waals surface area contributed by atoms with Crippen molar-refractivity contribution >= 4 is 16.0 Å². The molecule has 0 bridgehead atoms. The first-order chi connectivity index (χ1) is 9.90. The summed E-state index contributed by atoms with van der Waals surface area (Å²) < 4.78 is 35.8. The Bertz CT molecular complexity index is 555. The summed E-state index contributed by atoms with van der Waals surface area (Å²) >= 11 is 0. The maximum atomic E-state index is 11.9. The van der Waals surface area contributed by atoms with Crippen LogP contribution in [0.25, 0.3) is 0 Å². The van der Waals surface area contributed by atoms with Gasteiger partial charge in [0.25, 0.3) is 0 Å². The molecule has 8 nitrogen and oxygen atoms in total. The number of hydrogen-bond donors (Lipinski definition) is 3. The number of hydrogen-bond acceptors (Lipinski definition) is 6. The molecule has 0 saturated carbocycles. The molecule has 0 amide bonds. The number of methoxy groups -OCH3 is 1. The fraction of sp³-hybridized carbons (Fsp3) is 0.417. The van der Waals surface area contributed by atoms with Gasteiger partial charge in [-0.2, -0.15) is 4.72 Å². The summed E-state index contributed by atoms with van der Waals surface area (Å²) in [7, 11) is -2.50. The first-order valence-corrected chi connectivity index (χ1v) is 7.47. The molecule has 0 aliphatic carbocycles. The molecule has 0 aliphatic heterocycles. The van der Waals surface area contributed by atoms with E-state index in [1.165, 1.54) is 31.4 Å². The molecular weight excluding hydrogens is 302 g/mol. The summed E-state index contributed by atoms with van der Waals surface area (Å²) in [5, 5.41) is 17.6. The number of rotatable bonds is 9. The molecule has 9 heteroatoms. The van der Waals surface area contributed by atoms with E-state index in [0.717, 1.165) is 0 Å². The minimum atomic E-state index is -4.03. The maximum Gasteiger partial charge on any atom is 0.324 e. The largest absolute Gasteiger partial charge is 0.491 e. The molecule has 3 N–H and O–H groups in total. The highest BCUT2D eigenvalue weighted by Gasteiger charge is 2.24. The first-order valence-electron chi connectivity index (χ1n) is 5.98. The van der Waals surface area contributed by atoms with Crippen molar-refractivity contribution in [2.75, 3.05) is 26.9 Å². The van der Waals surface area contributed by atoms with Crippen LogP contribution in [0.15, 0.2) is 29.2 Å². The number of aliphatic carboxylic acids is 1. The van der Waals surface area contributed by atoms with E-state index in [-0.39, 0.29) is 4.90 Å². The van der Waals surface area contributed by atoms with Crippen LogP contribution in [-0.4, -0.2) is 57.6 Å². The Morgan fingerprint density at radius 3 is 2.38 bits per heavy atom. The molecule has 0 heterocycles. The molecule has 0 aliphatic rings. The van der Waals surface area contributed by atoms with Crippen LogP contribution in [0.1, 0.15) is 0 Å². The van der Waals surface area contributed by atoms with E-state index < -0.39 is 28.6 Å². The highest BCUT2D eigenvalue weighted by molar-refractivity contribution is 7.89. The third kappa shape index (κ3) is 5.31. The van der Waals surface area contributed by atoms with Crippen LogP contribution in [0, 0.1) is 0 Å². The second kappa shape index (κ2) is 7.93. The minimum absolute atomic E-state index is 0.124. The summed E-state index contributed by atoms with van der Waals surface area (Å²) in [6.07, 6.45) is 0. The van der Waals surface area contributed by atoms with Crippen molar-refractivity contribution in [3.8, 4) is 5.75 Å². The average Bonchev–Trinajstić information content (AvgIpc) is 2.45. The van der Waals surface area contributed by atoms with Crippen LogP contribution in [0.3, 0.4) is 0 Å². The van der Waals surface area contributed by atoms with E-state index in [4.69, 9.17) is 19.7 Å². The summed E-state index contributed by atoms with van der Waals surface area (Å²) in [4.78, 5) is 10.6. The predicted molar refractivity (Wildman–Crippen MR) is 72.6 cm³/mol. The van der Waals surface area contributed by atoms with Crippen molar-refractivity contribution in [3.63, 3.8) is 0 Å². The van der Waals surface area contributed by atoms with Gasteiger partial charge in [-0.05, 0) is 24.3 Å². The number of benzene rings is 1. The van der Waals surface area contributed by atoms with Gasteiger partial charge in [-0.15, -0.1) is 0 Å². The molecule has 0 radical (unpaired) electrons. The SMILES string of the molecule is COCCOc1ccc(S(=O)(=O)N[C@@H](CO)C(=O)O)cc1. The van der Waals surface area contributed by atoms with E-state index in [1.54, 1.807) is 0 Å². The van der Waals surface area contributed by atoms with E-state index >= 15 is 0 Å². The van der Waals surface area contributed by atoms with Gasteiger partial charge < -0.3 is 19.7 Å². The Balaban J connectivity index is 2.77. The zero-order chi connectivity index (χ0) is 15.9. The third-order valence-corrected chi connectivity index (χ3v) is 3.96. The van der Waals surface area contributed by atoms with E-state index in [9.17, 15) is 13.2 Å². The van der Waals surface area contributed by atoms with Crippen LogP contribution in [0.4, 0.5) is 0 Å². The molecule has 1 rings (SSSR count). The zero-order valence-corrected chi connectivity index (χ0v) is 12.2. The van der Waals surface area contributed by atoms with Gasteiger partial charge in [-0.1, -0.05) is 0 Å². The molecule has 0 spiro atoms. The van der Waals surface area contributed by atoms with Gasteiger partial charge in [-0.3, -0.25) is 4.79 Å². The normalized spacial score (nSPS) is 12.9. The lowest BCUT2D eigenvalue weighted by Gasteiger charge is -2.12. The topological polar surface area (TPSA) is 122 Å². The molecule has 0 aromatic heterocycles. The summed E-state index contributed by atoms with van der Waals surface area (Å²) in [6, 6.07) is 3.85. The molecular formula is C12H17NO7S. The van der Waals surface area contributed by atoms with E-state index in [1.807, 2.05) is 4.72 Å². The summed E-state index contributed by atoms with van der Waals surface area (Å²) in [5.41, 5.74) is 0. The van der Waals surface area contributed by atoms with Crippen LogP contribution >= 0.6 is 0 Å². The van der Waals surface area contributed by atoms with Gasteiger partial charge in [0.2, 0.25) is 10.0 Å². The van der Waals surface area contributed by atoms with Crippen molar-refractivity contribution in [2.45, 2.75) is 10.9 Å². The lowest BCUT2D eigenvalue weighted by atomic mass is 10.3. The Morgan fingerprint density at radius 2 is 1.90 bits per heavy atom. The molecule has 21 heavy (non-hydrogen) atoms. The molecule has 1 aromatic carbocycles. The Labute approximate surface area is 122 Å². The van der Waals surface area contributed by atoms with Crippen molar-refractivity contribution in [1.82, 2.24) is 4.72 Å². The van der Waals surface area contributed by atoms with Gasteiger partial charge in [0.05, 0.1) is 18.1 Å². The Morgan fingerprint density at radius 1 is 1.29 bits per heavy atom. The van der Waals surface area contributed by atoms with E-state index in [0.29, 0.717) is 19.0 Å². The van der Waals surface area contributed by atoms with Crippen LogP contribution in [-0.2, 0) is 19.6 Å². The summed E-state index contributed by atoms with van der Waals surface area (Å²) in [6.45, 7) is -0.113. The lowest BCUT2D eigenvalue weighted by Crippen LogP contribution is -2.43. The average molecular weight is 319 g/mol. The van der Waals surface area contributed by atoms with Gasteiger partial charge in [0.15, 0.2) is 0 Å². The van der Waals surface area contributed by atoms with Crippen LogP contribution in [0.5, 0.6) is 5.75 Å². The fourth-order valence-corrected chi connectivity index (χ4v) is 2.56. The number of sulfonamides is 1. The predicted octanol–water partition coefficient (Wildman–Crippen LogP) is -0.564. The van der Waals surface area contributed by atoms with Crippen LogP contribution in [0.2, 0.25) is 0 Å². The number of carboxylic acids is 1. The second-order valence-electron chi connectivity index (χ2n) is 4.01. The highest BCUT2D eigenvalue weighted by Crippen LogP contribution is 2.16. The number of carboxylic acid groups (broad SMARTS) is 1. The van der Waals surface area contributed by atoms with E-state index in [2.05, 4.69) is 0 Å². The molecule has 1 aromatic rings. The fourth-order valence-electron chi connectivity index (χ4n) is 1.38. The number of aliphatic hydroxyl groups is 1. The number of nitrogens with one attached hydrogen (secondary N) is 1. The quantitative estimate of drug-likeness (QED) is 0.521. The Hall–Kier alpha value is -1.68. The maximum absolute atomic E-state index is 11.9. The number of ether oxygens (including phenoxy) is 2. The molecule has 0 saturated heterocycles. The molecule has 0 unspecified atom stereocenters. The second-order valence-corrected chi connectivity index (χ2v) is 5.72. The van der Waals surface area contributed by atoms with Crippen molar-refractivity contribution < 1.29 is 32.9 Å². The van der Waals surface area contributed by atoms with Gasteiger partial charge in [0, 0.05) is 7.11 Å². The number of carbonyl (C=O) groups is 1. The van der Waals surface area contributed by atoms with Crippen molar-refractivity contribution in [3.05, 3.63) is 24.3 Å². The Kier molecular flexibility index (Phi) is 6.56. The standard InChI is InChI=1S/C12H17NO7S/c1-19-6-7-20-9-2-4-10(5-3-9)21(17,18)13-11(8-14)12(15)16/h2-5,11,13-14H,6-8H2,1H3,(H,15,16)/t11-/m0/s1. The highest BCUT2D eigenvalue weighted by atomic mass is 32.2. The first kappa shape index (κ1) is 17.4. The number of aliphatic hydroxyl groups excluding tert-OH is 1. The molecule has 118 valence electrons. The van der Waals surface area contributed by atoms with Gasteiger partial charge in [-0.25, -0.2) is 8.42 Å². The molecule has 0 fully saturated rings. The minimum Gasteiger partial charge on any atom is -0.491 e. The zero-order valence-electron chi connectivity index (χ0n) is 11.4.